The summed E-state index contributed by atoms with van der Waals surface area (Å²) in [5, 5.41) is 2.67. The van der Waals surface area contributed by atoms with E-state index in [1.807, 2.05) is 0 Å². The number of likely N-dealkylation sites (N-methyl/N-ethyl adjacent to an activating group) is 1. The van der Waals surface area contributed by atoms with Crippen LogP contribution in [-0.2, 0) is 6.42 Å². The second-order valence-corrected chi connectivity index (χ2v) is 4.33. The highest BCUT2D eigenvalue weighted by molar-refractivity contribution is 5.43. The van der Waals surface area contributed by atoms with E-state index in [0.29, 0.717) is 11.5 Å². The van der Waals surface area contributed by atoms with Crippen molar-refractivity contribution in [3.63, 3.8) is 0 Å². The SMILES string of the molecule is CNC(C)(Cc1ccc(OC)c(OC)c1)C(F)F. The van der Waals surface area contributed by atoms with Crippen molar-refractivity contribution >= 4 is 0 Å². The molecule has 1 rings (SSSR count). The molecule has 1 unspecified atom stereocenters. The molecule has 3 nitrogen and oxygen atoms in total. The molecule has 1 atom stereocenters. The molecule has 0 saturated carbocycles. The Labute approximate surface area is 106 Å². The maximum Gasteiger partial charge on any atom is 0.256 e. The van der Waals surface area contributed by atoms with Crippen molar-refractivity contribution in [3.8, 4) is 11.5 Å². The first-order valence-electron chi connectivity index (χ1n) is 5.64. The van der Waals surface area contributed by atoms with Crippen LogP contribution in [0.15, 0.2) is 18.2 Å². The van der Waals surface area contributed by atoms with E-state index in [-0.39, 0.29) is 6.42 Å². The highest BCUT2D eigenvalue weighted by Gasteiger charge is 2.33. The van der Waals surface area contributed by atoms with Gasteiger partial charge in [0.05, 0.1) is 19.8 Å². The summed E-state index contributed by atoms with van der Waals surface area (Å²) < 4.78 is 36.2. The van der Waals surface area contributed by atoms with Crippen molar-refractivity contribution in [1.82, 2.24) is 5.32 Å². The molecule has 5 heteroatoms. The number of alkyl halides is 2. The summed E-state index contributed by atoms with van der Waals surface area (Å²) in [5.74, 6) is 1.13. The summed E-state index contributed by atoms with van der Waals surface area (Å²) in [6.07, 6.45) is -2.24. The monoisotopic (exact) mass is 259 g/mol. The molecule has 1 N–H and O–H groups in total. The van der Waals surface area contributed by atoms with Crippen LogP contribution in [0.4, 0.5) is 8.78 Å². The third-order valence-electron chi connectivity index (χ3n) is 3.07. The molecular weight excluding hydrogens is 240 g/mol. The van der Waals surface area contributed by atoms with Crippen molar-refractivity contribution in [3.05, 3.63) is 23.8 Å². The molecule has 102 valence electrons. The molecule has 0 aliphatic rings. The minimum Gasteiger partial charge on any atom is -0.493 e. The molecule has 0 aliphatic heterocycles. The van der Waals surface area contributed by atoms with Crippen molar-refractivity contribution in [2.75, 3.05) is 21.3 Å². The first-order chi connectivity index (χ1) is 8.46. The number of methoxy groups -OCH3 is 2. The van der Waals surface area contributed by atoms with Gasteiger partial charge in [-0.3, -0.25) is 0 Å². The molecule has 0 bridgehead atoms. The van der Waals surface area contributed by atoms with Crippen LogP contribution < -0.4 is 14.8 Å². The quantitative estimate of drug-likeness (QED) is 0.851. The molecular formula is C13H19F2NO2. The van der Waals surface area contributed by atoms with E-state index in [4.69, 9.17) is 9.47 Å². The van der Waals surface area contributed by atoms with E-state index in [9.17, 15) is 8.78 Å². The summed E-state index contributed by atoms with van der Waals surface area (Å²) in [4.78, 5) is 0. The van der Waals surface area contributed by atoms with E-state index in [1.165, 1.54) is 28.2 Å². The van der Waals surface area contributed by atoms with Crippen LogP contribution in [0.3, 0.4) is 0 Å². The zero-order valence-corrected chi connectivity index (χ0v) is 11.1. The lowest BCUT2D eigenvalue weighted by atomic mass is 9.93. The fourth-order valence-electron chi connectivity index (χ4n) is 1.69. The van der Waals surface area contributed by atoms with Gasteiger partial charge in [-0.2, -0.15) is 0 Å². The normalized spacial score (nSPS) is 14.4. The molecule has 0 aliphatic carbocycles. The minimum absolute atomic E-state index is 0.210. The Morgan fingerprint density at radius 1 is 1.22 bits per heavy atom. The Morgan fingerprint density at radius 2 is 1.83 bits per heavy atom. The minimum atomic E-state index is -2.45. The van der Waals surface area contributed by atoms with E-state index in [1.54, 1.807) is 18.2 Å². The van der Waals surface area contributed by atoms with E-state index in [0.717, 1.165) is 5.56 Å². The summed E-state index contributed by atoms with van der Waals surface area (Å²) in [6, 6.07) is 5.20. The number of nitrogens with one attached hydrogen (secondary N) is 1. The molecule has 1 aromatic rings. The van der Waals surface area contributed by atoms with E-state index in [2.05, 4.69) is 5.32 Å². The van der Waals surface area contributed by atoms with Gasteiger partial charge in [0, 0.05) is 0 Å². The molecule has 0 fully saturated rings. The third-order valence-corrected chi connectivity index (χ3v) is 3.07. The Balaban J connectivity index is 2.98. The number of hydrogen-bond donors (Lipinski definition) is 1. The van der Waals surface area contributed by atoms with Crippen LogP contribution in [0.2, 0.25) is 0 Å². The Bertz CT molecular complexity index is 399. The van der Waals surface area contributed by atoms with Crippen LogP contribution in [0.25, 0.3) is 0 Å². The molecule has 1 aromatic carbocycles. The molecule has 0 heterocycles. The van der Waals surface area contributed by atoms with Gasteiger partial charge in [-0.15, -0.1) is 0 Å². The average molecular weight is 259 g/mol. The predicted octanol–water partition coefficient (Wildman–Crippen LogP) is 2.49. The fourth-order valence-corrected chi connectivity index (χ4v) is 1.69. The number of benzene rings is 1. The van der Waals surface area contributed by atoms with E-state index < -0.39 is 12.0 Å². The molecule has 0 radical (unpaired) electrons. The zero-order valence-electron chi connectivity index (χ0n) is 11.1. The highest BCUT2D eigenvalue weighted by Crippen LogP contribution is 2.30. The maximum atomic E-state index is 13.0. The number of hydrogen-bond acceptors (Lipinski definition) is 3. The summed E-state index contributed by atoms with van der Waals surface area (Å²) in [6.45, 7) is 1.49. The lowest BCUT2D eigenvalue weighted by molar-refractivity contribution is 0.0451. The zero-order chi connectivity index (χ0) is 13.8. The van der Waals surface area contributed by atoms with Crippen LogP contribution in [0, 0.1) is 0 Å². The molecule has 0 aromatic heterocycles. The molecule has 0 saturated heterocycles. The second-order valence-electron chi connectivity index (χ2n) is 4.33. The van der Waals surface area contributed by atoms with Crippen molar-refractivity contribution in [1.29, 1.82) is 0 Å². The van der Waals surface area contributed by atoms with Crippen LogP contribution >= 0.6 is 0 Å². The van der Waals surface area contributed by atoms with Crippen molar-refractivity contribution in [2.24, 2.45) is 0 Å². The molecule has 0 amide bonds. The lowest BCUT2D eigenvalue weighted by Gasteiger charge is -2.28. The summed E-state index contributed by atoms with van der Waals surface area (Å²) in [7, 11) is 4.59. The van der Waals surface area contributed by atoms with Crippen LogP contribution in [0.5, 0.6) is 11.5 Å². The standard InChI is InChI=1S/C13H19F2NO2/c1-13(16-2,12(14)15)8-9-5-6-10(17-3)11(7-9)18-4/h5-7,12,16H,8H2,1-4H3. The molecule has 18 heavy (non-hydrogen) atoms. The van der Waals surface area contributed by atoms with Gasteiger partial charge in [-0.05, 0) is 38.1 Å². The maximum absolute atomic E-state index is 13.0. The van der Waals surface area contributed by atoms with Crippen LogP contribution in [0.1, 0.15) is 12.5 Å². The Morgan fingerprint density at radius 3 is 2.28 bits per heavy atom. The first kappa shape index (κ1) is 14.7. The first-order valence-corrected chi connectivity index (χ1v) is 5.64. The van der Waals surface area contributed by atoms with Gasteiger partial charge in [-0.1, -0.05) is 6.07 Å². The van der Waals surface area contributed by atoms with Gasteiger partial charge < -0.3 is 14.8 Å². The van der Waals surface area contributed by atoms with Gasteiger partial charge in [0.2, 0.25) is 0 Å². The van der Waals surface area contributed by atoms with Crippen LogP contribution in [-0.4, -0.2) is 33.2 Å². The topological polar surface area (TPSA) is 30.5 Å². The van der Waals surface area contributed by atoms with Gasteiger partial charge in [0.15, 0.2) is 11.5 Å². The fraction of sp³-hybridized carbons (Fsp3) is 0.538. The van der Waals surface area contributed by atoms with Gasteiger partial charge >= 0.3 is 0 Å². The third kappa shape index (κ3) is 3.10. The van der Waals surface area contributed by atoms with Gasteiger partial charge in [0.1, 0.15) is 0 Å². The van der Waals surface area contributed by atoms with Crippen molar-refractivity contribution < 1.29 is 18.3 Å². The lowest BCUT2D eigenvalue weighted by Crippen LogP contribution is -2.48. The van der Waals surface area contributed by atoms with E-state index >= 15 is 0 Å². The predicted molar refractivity (Wildman–Crippen MR) is 66.7 cm³/mol. The molecule has 0 spiro atoms. The number of rotatable bonds is 6. The summed E-state index contributed by atoms with van der Waals surface area (Å²) >= 11 is 0. The smallest absolute Gasteiger partial charge is 0.256 e. The number of halogens is 2. The Hall–Kier alpha value is -1.36. The van der Waals surface area contributed by atoms with Crippen molar-refractivity contribution in [2.45, 2.75) is 25.3 Å². The second kappa shape index (κ2) is 6.00. The van der Waals surface area contributed by atoms with Gasteiger partial charge in [-0.25, -0.2) is 8.78 Å². The number of ether oxygens (including phenoxy) is 2. The Kier molecular flexibility index (Phi) is 4.90. The largest absolute Gasteiger partial charge is 0.493 e. The highest BCUT2D eigenvalue weighted by atomic mass is 19.3. The average Bonchev–Trinajstić information content (AvgIpc) is 2.38. The van der Waals surface area contributed by atoms with Gasteiger partial charge in [0.25, 0.3) is 6.43 Å². The summed E-state index contributed by atoms with van der Waals surface area (Å²) in [5.41, 5.74) is -0.482.